The Balaban J connectivity index is 2.66. The first kappa shape index (κ1) is 16.0. The smallest absolute Gasteiger partial charge is 0.281 e. The van der Waals surface area contributed by atoms with Crippen LogP contribution in [-0.2, 0) is 0 Å². The minimum Gasteiger partial charge on any atom is -0.493 e. The molecule has 0 N–H and O–H groups in total. The highest BCUT2D eigenvalue weighted by atomic mass is 16.6. The number of nitriles is 1. The number of hydrogen-bond acceptors (Lipinski definition) is 5. The molecule has 6 heteroatoms. The van der Waals surface area contributed by atoms with Crippen molar-refractivity contribution in [1.29, 1.82) is 5.26 Å². The second-order valence-corrected chi connectivity index (χ2v) is 4.56. The first-order valence-corrected chi connectivity index (χ1v) is 6.68. The summed E-state index contributed by atoms with van der Waals surface area (Å²) in [5.41, 5.74) is 0.905. The average Bonchev–Trinajstić information content (AvgIpc) is 2.59. The molecule has 0 heterocycles. The molecule has 0 saturated carbocycles. The first-order chi connectivity index (χ1) is 11.1. The number of nitro benzene ring substituents is 1. The highest BCUT2D eigenvalue weighted by Gasteiger charge is 2.22. The van der Waals surface area contributed by atoms with Gasteiger partial charge in [-0.3, -0.25) is 10.1 Å². The van der Waals surface area contributed by atoms with Crippen LogP contribution < -0.4 is 9.47 Å². The van der Waals surface area contributed by atoms with Crippen LogP contribution in [0.4, 0.5) is 5.69 Å². The summed E-state index contributed by atoms with van der Waals surface area (Å²) in [6.45, 7) is 0. The monoisotopic (exact) mass is 310 g/mol. The van der Waals surface area contributed by atoms with E-state index in [1.165, 1.54) is 26.4 Å². The number of hydrogen-bond donors (Lipinski definition) is 0. The SMILES string of the molecule is COc1cc(/C(C#N)=C/c2ccccc2)c([N+](=O)[O-])cc1OC. The van der Waals surface area contributed by atoms with Crippen molar-refractivity contribution in [3.8, 4) is 17.6 Å². The number of rotatable bonds is 5. The zero-order valence-electron chi connectivity index (χ0n) is 12.6. The highest BCUT2D eigenvalue weighted by Crippen LogP contribution is 2.38. The van der Waals surface area contributed by atoms with Crippen molar-refractivity contribution in [2.45, 2.75) is 0 Å². The lowest BCUT2D eigenvalue weighted by molar-refractivity contribution is -0.385. The van der Waals surface area contributed by atoms with Crippen molar-refractivity contribution in [2.75, 3.05) is 14.2 Å². The van der Waals surface area contributed by atoms with E-state index in [4.69, 9.17) is 9.47 Å². The Bertz CT molecular complexity index is 792. The quantitative estimate of drug-likeness (QED) is 0.364. The van der Waals surface area contributed by atoms with Crippen molar-refractivity contribution < 1.29 is 14.4 Å². The number of nitrogens with zero attached hydrogens (tertiary/aromatic N) is 2. The van der Waals surface area contributed by atoms with Gasteiger partial charge in [0, 0.05) is 0 Å². The molecule has 0 radical (unpaired) electrons. The second kappa shape index (κ2) is 7.09. The molecule has 0 aliphatic rings. The molecule has 0 saturated heterocycles. The van der Waals surface area contributed by atoms with Crippen molar-refractivity contribution in [1.82, 2.24) is 0 Å². The van der Waals surface area contributed by atoms with Crippen LogP contribution in [0.2, 0.25) is 0 Å². The summed E-state index contributed by atoms with van der Waals surface area (Å²) in [5.74, 6) is 0.558. The van der Waals surface area contributed by atoms with Gasteiger partial charge in [0.05, 0.1) is 36.3 Å². The first-order valence-electron chi connectivity index (χ1n) is 6.68. The van der Waals surface area contributed by atoms with Gasteiger partial charge in [-0.2, -0.15) is 5.26 Å². The molecule has 2 rings (SSSR count). The maximum Gasteiger partial charge on any atom is 0.281 e. The predicted molar refractivity (Wildman–Crippen MR) is 86.1 cm³/mol. The molecule has 6 nitrogen and oxygen atoms in total. The number of ether oxygens (including phenoxy) is 2. The van der Waals surface area contributed by atoms with Gasteiger partial charge in [-0.1, -0.05) is 30.3 Å². The number of nitro groups is 1. The number of benzene rings is 2. The van der Waals surface area contributed by atoms with Crippen molar-refractivity contribution in [3.63, 3.8) is 0 Å². The van der Waals surface area contributed by atoms with E-state index in [-0.39, 0.29) is 22.6 Å². The van der Waals surface area contributed by atoms with Gasteiger partial charge in [0.25, 0.3) is 5.69 Å². The summed E-state index contributed by atoms with van der Waals surface area (Å²) in [6, 6.07) is 13.8. The van der Waals surface area contributed by atoms with Gasteiger partial charge in [0.1, 0.15) is 6.07 Å². The molecule has 0 aliphatic carbocycles. The fraction of sp³-hybridized carbons (Fsp3) is 0.118. The second-order valence-electron chi connectivity index (χ2n) is 4.56. The Morgan fingerprint density at radius 1 is 1.17 bits per heavy atom. The molecule has 2 aromatic carbocycles. The summed E-state index contributed by atoms with van der Waals surface area (Å²) in [6.07, 6.45) is 1.59. The maximum absolute atomic E-state index is 11.3. The molecular weight excluding hydrogens is 296 g/mol. The number of methoxy groups -OCH3 is 2. The minimum absolute atomic E-state index is 0.170. The molecule has 0 fully saturated rings. The van der Waals surface area contributed by atoms with E-state index in [1.54, 1.807) is 6.08 Å². The van der Waals surface area contributed by atoms with Gasteiger partial charge in [0.15, 0.2) is 11.5 Å². The normalized spacial score (nSPS) is 10.7. The molecule has 0 atom stereocenters. The third-order valence-electron chi connectivity index (χ3n) is 3.22. The van der Waals surface area contributed by atoms with Crippen LogP contribution >= 0.6 is 0 Å². The van der Waals surface area contributed by atoms with Crippen LogP contribution in [-0.4, -0.2) is 19.1 Å². The molecule has 23 heavy (non-hydrogen) atoms. The van der Waals surface area contributed by atoms with Crippen LogP contribution in [0, 0.1) is 21.4 Å². The summed E-state index contributed by atoms with van der Waals surface area (Å²) in [5, 5.41) is 20.8. The molecule has 2 aromatic rings. The predicted octanol–water partition coefficient (Wildman–Crippen LogP) is 3.68. The molecule has 0 spiro atoms. The van der Waals surface area contributed by atoms with Crippen LogP contribution in [0.15, 0.2) is 42.5 Å². The van der Waals surface area contributed by atoms with Gasteiger partial charge < -0.3 is 9.47 Å². The third-order valence-corrected chi connectivity index (χ3v) is 3.22. The van der Waals surface area contributed by atoms with E-state index in [2.05, 4.69) is 0 Å². The molecule has 0 aliphatic heterocycles. The summed E-state index contributed by atoms with van der Waals surface area (Å²) in [7, 11) is 2.83. The molecule has 0 aromatic heterocycles. The van der Waals surface area contributed by atoms with Gasteiger partial charge in [-0.25, -0.2) is 0 Å². The molecule has 0 amide bonds. The summed E-state index contributed by atoms with van der Waals surface area (Å²) >= 11 is 0. The van der Waals surface area contributed by atoms with E-state index in [0.29, 0.717) is 5.75 Å². The summed E-state index contributed by atoms with van der Waals surface area (Å²) in [4.78, 5) is 10.8. The topological polar surface area (TPSA) is 85.4 Å². The lowest BCUT2D eigenvalue weighted by Gasteiger charge is -2.10. The molecule has 0 bridgehead atoms. The van der Waals surface area contributed by atoms with Gasteiger partial charge in [0.2, 0.25) is 0 Å². The van der Waals surface area contributed by atoms with Crippen LogP contribution in [0.25, 0.3) is 11.6 Å². The fourth-order valence-electron chi connectivity index (χ4n) is 2.12. The van der Waals surface area contributed by atoms with Gasteiger partial charge in [-0.15, -0.1) is 0 Å². The van der Waals surface area contributed by atoms with Crippen LogP contribution in [0.3, 0.4) is 0 Å². The number of allylic oxidation sites excluding steroid dienone is 1. The molecule has 116 valence electrons. The minimum atomic E-state index is -0.548. The Morgan fingerprint density at radius 3 is 2.30 bits per heavy atom. The fourth-order valence-corrected chi connectivity index (χ4v) is 2.12. The summed E-state index contributed by atoms with van der Waals surface area (Å²) < 4.78 is 10.3. The Labute approximate surface area is 133 Å². The standard InChI is InChI=1S/C17H14N2O4/c1-22-16-9-14(15(19(20)21)10-17(16)23-2)13(11-18)8-12-6-4-3-5-7-12/h3-10H,1-2H3/b13-8+. The van der Waals surface area contributed by atoms with Crippen molar-refractivity contribution in [3.05, 3.63) is 63.7 Å². The van der Waals surface area contributed by atoms with Gasteiger partial charge >= 0.3 is 0 Å². The maximum atomic E-state index is 11.3. The Hall–Kier alpha value is -3.33. The van der Waals surface area contributed by atoms with E-state index in [0.717, 1.165) is 5.56 Å². The Kier molecular flexibility index (Phi) is 4.95. The average molecular weight is 310 g/mol. The lowest BCUT2D eigenvalue weighted by atomic mass is 10.0. The molecule has 0 unspecified atom stereocenters. The zero-order valence-corrected chi connectivity index (χ0v) is 12.6. The largest absolute Gasteiger partial charge is 0.493 e. The van der Waals surface area contributed by atoms with E-state index >= 15 is 0 Å². The zero-order chi connectivity index (χ0) is 16.8. The van der Waals surface area contributed by atoms with E-state index in [9.17, 15) is 15.4 Å². The van der Waals surface area contributed by atoms with Crippen molar-refractivity contribution >= 4 is 17.3 Å². The highest BCUT2D eigenvalue weighted by molar-refractivity contribution is 5.93. The van der Waals surface area contributed by atoms with Gasteiger partial charge in [-0.05, 0) is 17.7 Å². The van der Waals surface area contributed by atoms with Crippen molar-refractivity contribution in [2.24, 2.45) is 0 Å². The lowest BCUT2D eigenvalue weighted by Crippen LogP contribution is -1.98. The van der Waals surface area contributed by atoms with Crippen LogP contribution in [0.5, 0.6) is 11.5 Å². The Morgan fingerprint density at radius 2 is 1.78 bits per heavy atom. The third kappa shape index (κ3) is 3.47. The van der Waals surface area contributed by atoms with E-state index in [1.807, 2.05) is 36.4 Å². The van der Waals surface area contributed by atoms with E-state index < -0.39 is 4.92 Å². The molecular formula is C17H14N2O4. The van der Waals surface area contributed by atoms with Crippen LogP contribution in [0.1, 0.15) is 11.1 Å².